The van der Waals surface area contributed by atoms with Crippen molar-refractivity contribution in [3.05, 3.63) is 24.2 Å². The summed E-state index contributed by atoms with van der Waals surface area (Å²) < 4.78 is 22.9. The maximum absolute atomic E-state index is 14.5. The Morgan fingerprint density at radius 2 is 1.74 bits per heavy atom. The molecule has 1 aromatic rings. The molecule has 0 spiro atoms. The lowest BCUT2D eigenvalue weighted by atomic mass is 9.33. The lowest BCUT2D eigenvalue weighted by Crippen LogP contribution is -2.80. The van der Waals surface area contributed by atoms with E-state index >= 15 is 0 Å². The number of carbonyl (C=O) groups excluding carboxylic acids is 3. The van der Waals surface area contributed by atoms with E-state index in [1.807, 2.05) is 6.92 Å². The number of hydrogen-bond donors (Lipinski definition) is 3. The van der Waals surface area contributed by atoms with Crippen LogP contribution >= 0.6 is 0 Å². The zero-order chi connectivity index (χ0) is 28.3. The van der Waals surface area contributed by atoms with Crippen molar-refractivity contribution in [3.8, 4) is 0 Å². The van der Waals surface area contributed by atoms with Gasteiger partial charge < -0.3 is 33.9 Å². The number of methoxy groups -OCH3 is 1. The highest BCUT2D eigenvalue weighted by molar-refractivity contribution is 5.96. The van der Waals surface area contributed by atoms with Gasteiger partial charge >= 0.3 is 5.97 Å². The Bertz CT molecular complexity index is 1200. The Morgan fingerprint density at radius 1 is 1.03 bits per heavy atom. The van der Waals surface area contributed by atoms with Gasteiger partial charge in [0.1, 0.15) is 18.0 Å². The first-order valence-corrected chi connectivity index (χ1v) is 13.7. The summed E-state index contributed by atoms with van der Waals surface area (Å²) >= 11 is 0. The minimum Gasteiger partial charge on any atom is -0.472 e. The van der Waals surface area contributed by atoms with E-state index in [9.17, 15) is 29.7 Å². The molecule has 0 unspecified atom stereocenters. The molecule has 0 radical (unpaired) electrons. The van der Waals surface area contributed by atoms with Crippen molar-refractivity contribution < 1.29 is 48.3 Å². The number of rotatable bonds is 3. The Morgan fingerprint density at radius 3 is 2.36 bits per heavy atom. The normalized spacial score (nSPS) is 52.6. The van der Waals surface area contributed by atoms with Crippen LogP contribution in [0, 0.1) is 39.4 Å². The molecule has 2 bridgehead atoms. The van der Waals surface area contributed by atoms with Gasteiger partial charge in [-0.05, 0) is 24.0 Å². The number of Topliss-reactive ketones (excluding diaryl/α,β-unsaturated/α-hetero) is 2. The molecule has 0 aromatic carbocycles. The van der Waals surface area contributed by atoms with Crippen molar-refractivity contribution in [3.63, 3.8) is 0 Å². The van der Waals surface area contributed by atoms with Crippen molar-refractivity contribution >= 4 is 17.5 Å². The summed E-state index contributed by atoms with van der Waals surface area (Å²) in [6.45, 7) is 6.60. The molecule has 2 heterocycles. The summed E-state index contributed by atoms with van der Waals surface area (Å²) in [5.74, 6) is -4.12. The van der Waals surface area contributed by atoms with Crippen molar-refractivity contribution in [2.75, 3.05) is 13.7 Å². The fourth-order valence-electron chi connectivity index (χ4n) is 10.3. The van der Waals surface area contributed by atoms with E-state index in [-0.39, 0.29) is 31.7 Å². The van der Waals surface area contributed by atoms with Crippen molar-refractivity contribution in [1.82, 2.24) is 0 Å². The molecule has 214 valence electrons. The Kier molecular flexibility index (Phi) is 5.87. The lowest BCUT2D eigenvalue weighted by Gasteiger charge is -2.73. The Hall–Kier alpha value is -2.11. The maximum atomic E-state index is 14.5. The van der Waals surface area contributed by atoms with E-state index in [1.165, 1.54) is 26.6 Å². The zero-order valence-corrected chi connectivity index (χ0v) is 23.0. The molecule has 1 aliphatic heterocycles. The van der Waals surface area contributed by atoms with Gasteiger partial charge in [-0.15, -0.1) is 0 Å². The van der Waals surface area contributed by atoms with Crippen LogP contribution in [0.3, 0.4) is 0 Å². The van der Waals surface area contributed by atoms with Gasteiger partial charge in [0, 0.05) is 60.9 Å². The first-order valence-electron chi connectivity index (χ1n) is 13.7. The topological polar surface area (TPSA) is 153 Å². The van der Waals surface area contributed by atoms with Crippen LogP contribution in [0.1, 0.15) is 58.4 Å². The first-order chi connectivity index (χ1) is 18.3. The van der Waals surface area contributed by atoms with Gasteiger partial charge in [0.15, 0.2) is 12.1 Å². The average molecular weight is 547 g/mol. The van der Waals surface area contributed by atoms with Gasteiger partial charge in [-0.2, -0.15) is 0 Å². The Balaban J connectivity index is 1.53. The van der Waals surface area contributed by atoms with Crippen LogP contribution in [0.2, 0.25) is 0 Å². The van der Waals surface area contributed by atoms with Gasteiger partial charge in [0.2, 0.25) is 0 Å². The van der Waals surface area contributed by atoms with Gasteiger partial charge in [-0.1, -0.05) is 20.8 Å². The van der Waals surface area contributed by atoms with E-state index in [0.717, 1.165) is 5.56 Å². The van der Waals surface area contributed by atoms with Crippen LogP contribution in [0.5, 0.6) is 0 Å². The number of ether oxygens (including phenoxy) is 3. The van der Waals surface area contributed by atoms with Crippen molar-refractivity contribution in [2.24, 2.45) is 39.4 Å². The third-order valence-electron chi connectivity index (χ3n) is 11.8. The summed E-state index contributed by atoms with van der Waals surface area (Å²) in [4.78, 5) is 40.5. The van der Waals surface area contributed by atoms with Crippen LogP contribution in [0.4, 0.5) is 0 Å². The van der Waals surface area contributed by atoms with E-state index in [0.29, 0.717) is 0 Å². The highest BCUT2D eigenvalue weighted by atomic mass is 16.7. The minimum atomic E-state index is -1.52. The number of aliphatic hydroxyl groups excluding tert-OH is 3. The highest BCUT2D eigenvalue weighted by Gasteiger charge is 2.81. The third-order valence-corrected chi connectivity index (χ3v) is 11.8. The number of esters is 1. The van der Waals surface area contributed by atoms with Gasteiger partial charge in [0.05, 0.1) is 36.8 Å². The standard InChI is InChI=1S/C29H38O10/c1-13(30)39-20-10-19(33)29-12-38-25(36-5)27(20,3)17(29)9-18(32)28(4)22-16(31)8-15(14-6-7-37-11-14)26(22,2)24(35)21(34)23(28)29/h6-7,11,15,17-20,22-25,32-33,35H,8-10,12H2,1-5H3/t15-,17-,18+,19-,20+,22+,23-,24-,25-,26-,27+,28-,29+/m0/s1. The molecule has 10 heteroatoms. The predicted molar refractivity (Wildman–Crippen MR) is 133 cm³/mol. The molecule has 0 amide bonds. The molecule has 1 aromatic heterocycles. The summed E-state index contributed by atoms with van der Waals surface area (Å²) in [7, 11) is 1.48. The minimum absolute atomic E-state index is 0.0371. The average Bonchev–Trinajstić information content (AvgIpc) is 3.49. The molecule has 5 aliphatic rings. The van der Waals surface area contributed by atoms with E-state index in [4.69, 9.17) is 18.6 Å². The molecule has 6 rings (SSSR count). The van der Waals surface area contributed by atoms with Gasteiger partial charge in [-0.3, -0.25) is 14.4 Å². The SMILES string of the molecule is CO[C@H]1OC[C@]23[C@@H](O)C[C@@H](OC(C)=O)[C@@]1(C)[C@@H]2C[C@@H](O)[C@@]1(C)[C@@H]2C(=O)C[C@@H](c4ccoc4)[C@]2(C)[C@@H](O)C(=O)[C@@H]13. The first kappa shape index (κ1) is 27.1. The second-order valence-electron chi connectivity index (χ2n) is 13.2. The molecule has 13 atom stereocenters. The molecule has 3 N–H and O–H groups in total. The highest BCUT2D eigenvalue weighted by Crippen LogP contribution is 2.75. The molecular formula is C29H38O10. The van der Waals surface area contributed by atoms with Crippen molar-refractivity contribution in [2.45, 2.75) is 83.6 Å². The number of furan rings is 1. The van der Waals surface area contributed by atoms with E-state index in [2.05, 4.69) is 0 Å². The van der Waals surface area contributed by atoms with Crippen LogP contribution in [-0.2, 0) is 28.6 Å². The van der Waals surface area contributed by atoms with Crippen molar-refractivity contribution in [1.29, 1.82) is 0 Å². The number of carbonyl (C=O) groups is 3. The maximum Gasteiger partial charge on any atom is 0.302 e. The second kappa shape index (κ2) is 8.45. The summed E-state index contributed by atoms with van der Waals surface area (Å²) in [5.41, 5.74) is -3.98. The summed E-state index contributed by atoms with van der Waals surface area (Å²) in [5, 5.41) is 35.7. The predicted octanol–water partition coefficient (Wildman–Crippen LogP) is 1.60. The molecule has 1 saturated heterocycles. The number of aliphatic hydroxyl groups is 3. The quantitative estimate of drug-likeness (QED) is 0.477. The molecule has 39 heavy (non-hydrogen) atoms. The fourth-order valence-corrected chi connectivity index (χ4v) is 10.3. The molecular weight excluding hydrogens is 508 g/mol. The zero-order valence-electron chi connectivity index (χ0n) is 23.0. The fraction of sp³-hybridized carbons (Fsp3) is 0.759. The van der Waals surface area contributed by atoms with E-state index in [1.54, 1.807) is 19.9 Å². The lowest BCUT2D eigenvalue weighted by molar-refractivity contribution is -0.375. The third kappa shape index (κ3) is 3.02. The van der Waals surface area contributed by atoms with Crippen LogP contribution in [-0.4, -0.2) is 77.3 Å². The summed E-state index contributed by atoms with van der Waals surface area (Å²) in [6, 6.07) is 1.74. The Labute approximate surface area is 227 Å². The molecule has 4 saturated carbocycles. The number of ketones is 2. The summed E-state index contributed by atoms with van der Waals surface area (Å²) in [6.07, 6.45) is -2.09. The molecule has 4 aliphatic carbocycles. The number of hydrogen-bond acceptors (Lipinski definition) is 10. The van der Waals surface area contributed by atoms with E-state index < -0.39 is 87.8 Å². The van der Waals surface area contributed by atoms with Crippen LogP contribution in [0.15, 0.2) is 23.0 Å². The van der Waals surface area contributed by atoms with Gasteiger partial charge in [-0.25, -0.2) is 0 Å². The largest absolute Gasteiger partial charge is 0.472 e. The van der Waals surface area contributed by atoms with Crippen LogP contribution < -0.4 is 0 Å². The van der Waals surface area contributed by atoms with Crippen LogP contribution in [0.25, 0.3) is 0 Å². The number of fused-ring (bicyclic) bond motifs is 3. The van der Waals surface area contributed by atoms with Gasteiger partial charge in [0.25, 0.3) is 0 Å². The monoisotopic (exact) mass is 546 g/mol. The molecule has 10 nitrogen and oxygen atoms in total. The smallest absolute Gasteiger partial charge is 0.302 e. The molecule has 5 fully saturated rings. The second-order valence-corrected chi connectivity index (χ2v) is 13.2.